The first-order valence-electron chi connectivity index (χ1n) is 6.91. The molecule has 0 unspecified atom stereocenters. The summed E-state index contributed by atoms with van der Waals surface area (Å²) in [6.45, 7) is 1.39. The molecule has 114 valence electrons. The number of carbonyl (C=O) groups excluding carboxylic acids is 1. The van der Waals surface area contributed by atoms with Crippen molar-refractivity contribution < 1.29 is 13.9 Å². The maximum atomic E-state index is 13.2. The lowest BCUT2D eigenvalue weighted by Crippen LogP contribution is -2.42. The van der Waals surface area contributed by atoms with Gasteiger partial charge in [-0.3, -0.25) is 9.78 Å². The van der Waals surface area contributed by atoms with Crippen LogP contribution in [0.2, 0.25) is 5.02 Å². The first-order chi connectivity index (χ1) is 10.6. The van der Waals surface area contributed by atoms with E-state index in [4.69, 9.17) is 16.3 Å². The Morgan fingerprint density at radius 3 is 2.82 bits per heavy atom. The minimum Gasteiger partial charge on any atom is -0.370 e. The van der Waals surface area contributed by atoms with Crippen LogP contribution in [0.15, 0.2) is 42.7 Å². The maximum Gasteiger partial charge on any atom is 0.254 e. The largest absolute Gasteiger partial charge is 0.370 e. The predicted octanol–water partition coefficient (Wildman–Crippen LogP) is 3.09. The molecule has 1 aromatic carbocycles. The minimum absolute atomic E-state index is 0.0511. The molecule has 0 bridgehead atoms. The van der Waals surface area contributed by atoms with Crippen molar-refractivity contribution in [3.8, 4) is 0 Å². The van der Waals surface area contributed by atoms with Crippen LogP contribution in [0, 0.1) is 5.82 Å². The summed E-state index contributed by atoms with van der Waals surface area (Å²) in [6, 6.07) is 7.74. The van der Waals surface area contributed by atoms with E-state index in [1.54, 1.807) is 17.3 Å². The van der Waals surface area contributed by atoms with Crippen LogP contribution in [0.4, 0.5) is 4.39 Å². The lowest BCUT2D eigenvalue weighted by Gasteiger charge is -2.33. The van der Waals surface area contributed by atoms with Gasteiger partial charge in [0.1, 0.15) is 11.9 Å². The number of benzene rings is 1. The highest BCUT2D eigenvalue weighted by atomic mass is 35.5. The van der Waals surface area contributed by atoms with E-state index in [1.807, 2.05) is 12.1 Å². The lowest BCUT2D eigenvalue weighted by atomic mass is 10.1. The van der Waals surface area contributed by atoms with Crippen LogP contribution in [0.25, 0.3) is 0 Å². The van der Waals surface area contributed by atoms with Gasteiger partial charge in [0, 0.05) is 24.5 Å². The molecule has 1 saturated heterocycles. The molecule has 22 heavy (non-hydrogen) atoms. The Bertz CT molecular complexity index is 681. The van der Waals surface area contributed by atoms with Crippen LogP contribution in [-0.2, 0) is 4.74 Å². The number of amides is 1. The van der Waals surface area contributed by atoms with E-state index in [2.05, 4.69) is 4.98 Å². The summed E-state index contributed by atoms with van der Waals surface area (Å²) < 4.78 is 18.9. The molecule has 1 fully saturated rings. The van der Waals surface area contributed by atoms with Gasteiger partial charge in [-0.2, -0.15) is 0 Å². The first-order valence-corrected chi connectivity index (χ1v) is 7.29. The number of rotatable bonds is 2. The summed E-state index contributed by atoms with van der Waals surface area (Å²) in [5, 5.41) is -0.0511. The Kier molecular flexibility index (Phi) is 4.36. The van der Waals surface area contributed by atoms with Crippen LogP contribution in [0.5, 0.6) is 0 Å². The van der Waals surface area contributed by atoms with Crippen LogP contribution in [0.1, 0.15) is 22.0 Å². The number of morpholine rings is 1. The molecule has 1 amide bonds. The van der Waals surface area contributed by atoms with Gasteiger partial charge in [0.2, 0.25) is 0 Å². The number of ether oxygens (including phenoxy) is 1. The van der Waals surface area contributed by atoms with Crippen LogP contribution < -0.4 is 0 Å². The molecule has 4 nitrogen and oxygen atoms in total. The van der Waals surface area contributed by atoms with Gasteiger partial charge in [0.05, 0.1) is 18.2 Å². The Labute approximate surface area is 132 Å². The van der Waals surface area contributed by atoms with Crippen LogP contribution in [0.3, 0.4) is 0 Å². The Morgan fingerprint density at radius 1 is 1.32 bits per heavy atom. The molecule has 0 saturated carbocycles. The highest BCUT2D eigenvalue weighted by Crippen LogP contribution is 2.24. The summed E-state index contributed by atoms with van der Waals surface area (Å²) in [6.07, 6.45) is 3.20. The summed E-state index contributed by atoms with van der Waals surface area (Å²) in [5.74, 6) is -0.709. The molecule has 0 N–H and O–H groups in total. The molecular weight excluding hydrogens is 307 g/mol. The Morgan fingerprint density at radius 2 is 2.09 bits per heavy atom. The number of pyridine rings is 1. The van der Waals surface area contributed by atoms with Crippen molar-refractivity contribution in [3.63, 3.8) is 0 Å². The highest BCUT2D eigenvalue weighted by molar-refractivity contribution is 6.31. The zero-order chi connectivity index (χ0) is 15.5. The van der Waals surface area contributed by atoms with E-state index >= 15 is 0 Å². The summed E-state index contributed by atoms with van der Waals surface area (Å²) >= 11 is 5.74. The fourth-order valence-electron chi connectivity index (χ4n) is 2.43. The predicted molar refractivity (Wildman–Crippen MR) is 80.2 cm³/mol. The fourth-order valence-corrected chi connectivity index (χ4v) is 2.61. The van der Waals surface area contributed by atoms with E-state index in [-0.39, 0.29) is 17.0 Å². The third-order valence-electron chi connectivity index (χ3n) is 3.60. The molecule has 0 radical (unpaired) electrons. The highest BCUT2D eigenvalue weighted by Gasteiger charge is 2.26. The van der Waals surface area contributed by atoms with Crippen LogP contribution in [-0.4, -0.2) is 35.5 Å². The van der Waals surface area contributed by atoms with Crippen molar-refractivity contribution in [1.82, 2.24) is 9.88 Å². The second kappa shape index (κ2) is 6.42. The number of hydrogen-bond acceptors (Lipinski definition) is 3. The molecule has 1 aliphatic rings. The molecule has 0 spiro atoms. The van der Waals surface area contributed by atoms with Crippen molar-refractivity contribution in [2.45, 2.75) is 6.10 Å². The number of halogens is 2. The lowest BCUT2D eigenvalue weighted by molar-refractivity contribution is -0.0228. The third kappa shape index (κ3) is 3.10. The molecule has 2 heterocycles. The zero-order valence-electron chi connectivity index (χ0n) is 11.7. The molecule has 1 aliphatic heterocycles. The normalized spacial score (nSPS) is 18.3. The SMILES string of the molecule is O=C(c1ccc(F)c(Cl)c1)N1CCO[C@@H](c2ccncc2)C1. The third-order valence-corrected chi connectivity index (χ3v) is 3.89. The van der Waals surface area contributed by atoms with Gasteiger partial charge in [0.25, 0.3) is 5.91 Å². The summed E-state index contributed by atoms with van der Waals surface area (Å²) in [5.41, 5.74) is 1.35. The van der Waals surface area contributed by atoms with Crippen molar-refractivity contribution in [2.24, 2.45) is 0 Å². The molecule has 1 atom stereocenters. The number of aromatic nitrogens is 1. The van der Waals surface area contributed by atoms with Gasteiger partial charge in [-0.15, -0.1) is 0 Å². The van der Waals surface area contributed by atoms with Gasteiger partial charge in [-0.25, -0.2) is 4.39 Å². The quantitative estimate of drug-likeness (QED) is 0.854. The fraction of sp³-hybridized carbons (Fsp3) is 0.250. The van der Waals surface area contributed by atoms with Crippen molar-refractivity contribution in [1.29, 1.82) is 0 Å². The number of hydrogen-bond donors (Lipinski definition) is 0. The smallest absolute Gasteiger partial charge is 0.254 e. The average Bonchev–Trinajstić information content (AvgIpc) is 2.57. The van der Waals surface area contributed by atoms with Gasteiger partial charge in [-0.1, -0.05) is 11.6 Å². The van der Waals surface area contributed by atoms with E-state index in [1.165, 1.54) is 18.2 Å². The van der Waals surface area contributed by atoms with E-state index in [0.717, 1.165) is 5.56 Å². The summed E-state index contributed by atoms with van der Waals surface area (Å²) in [4.78, 5) is 18.2. The van der Waals surface area contributed by atoms with Crippen LogP contribution >= 0.6 is 11.6 Å². The average molecular weight is 321 g/mol. The first kappa shape index (κ1) is 14.9. The van der Waals surface area contributed by atoms with E-state index < -0.39 is 5.82 Å². The standard InChI is InChI=1S/C16H14ClFN2O2/c17-13-9-12(1-2-14(13)18)16(21)20-7-8-22-15(10-20)11-3-5-19-6-4-11/h1-6,9,15H,7-8,10H2/t15-/m1/s1. The second-order valence-corrected chi connectivity index (χ2v) is 5.43. The van der Waals surface area contributed by atoms with E-state index in [0.29, 0.717) is 25.3 Å². The van der Waals surface area contributed by atoms with E-state index in [9.17, 15) is 9.18 Å². The molecule has 6 heteroatoms. The number of carbonyl (C=O) groups is 1. The van der Waals surface area contributed by atoms with Gasteiger partial charge in [0.15, 0.2) is 0 Å². The van der Waals surface area contributed by atoms with Crippen molar-refractivity contribution >= 4 is 17.5 Å². The Balaban J connectivity index is 1.76. The van der Waals surface area contributed by atoms with Crippen molar-refractivity contribution in [3.05, 3.63) is 64.7 Å². The molecule has 0 aliphatic carbocycles. The minimum atomic E-state index is -0.533. The molecule has 2 aromatic rings. The second-order valence-electron chi connectivity index (χ2n) is 5.02. The molecule has 3 rings (SSSR count). The van der Waals surface area contributed by atoms with Gasteiger partial charge >= 0.3 is 0 Å². The monoisotopic (exact) mass is 320 g/mol. The Hall–Kier alpha value is -1.98. The van der Waals surface area contributed by atoms with Gasteiger partial charge < -0.3 is 9.64 Å². The zero-order valence-corrected chi connectivity index (χ0v) is 12.5. The number of nitrogens with zero attached hydrogens (tertiary/aromatic N) is 2. The summed E-state index contributed by atoms with van der Waals surface area (Å²) in [7, 11) is 0. The topological polar surface area (TPSA) is 42.4 Å². The van der Waals surface area contributed by atoms with Crippen molar-refractivity contribution in [2.75, 3.05) is 19.7 Å². The van der Waals surface area contributed by atoms with Gasteiger partial charge in [-0.05, 0) is 35.9 Å². The molecule has 1 aromatic heterocycles. The maximum absolute atomic E-state index is 13.2. The molecular formula is C16H14ClFN2O2.